The van der Waals surface area contributed by atoms with E-state index in [1.54, 1.807) is 42.5 Å². The Bertz CT molecular complexity index is 971. The Kier molecular flexibility index (Phi) is 4.84. The maximum Gasteiger partial charge on any atom is 0.269 e. The molecule has 130 valence electrons. The summed E-state index contributed by atoms with van der Waals surface area (Å²) in [7, 11) is 0. The molecule has 2 aromatic carbocycles. The van der Waals surface area contributed by atoms with Crippen LogP contribution < -0.4 is 5.43 Å². The molecule has 8 heteroatoms. The van der Waals surface area contributed by atoms with E-state index >= 15 is 0 Å². The molecule has 0 atom stereocenters. The summed E-state index contributed by atoms with van der Waals surface area (Å²) < 4.78 is 0. The molecule has 0 radical (unpaired) electrons. The number of non-ortho nitro benzene ring substituents is 1. The van der Waals surface area contributed by atoms with Crippen molar-refractivity contribution in [2.24, 2.45) is 5.10 Å². The fourth-order valence-electron chi connectivity index (χ4n) is 2.26. The molecule has 0 fully saturated rings. The molecule has 0 aliphatic heterocycles. The number of hydrogen-bond acceptors (Lipinski definition) is 7. The van der Waals surface area contributed by atoms with Crippen LogP contribution in [0.4, 0.5) is 11.5 Å². The summed E-state index contributed by atoms with van der Waals surface area (Å²) in [4.78, 5) is 18.9. The molecule has 0 aliphatic rings. The molecule has 0 saturated heterocycles. The number of benzene rings is 2. The van der Waals surface area contributed by atoms with Crippen molar-refractivity contribution in [3.05, 3.63) is 76.0 Å². The van der Waals surface area contributed by atoms with Crippen LogP contribution in [0.25, 0.3) is 11.4 Å². The number of hydrogen-bond donors (Lipinski definition) is 2. The normalized spacial score (nSPS) is 10.8. The van der Waals surface area contributed by atoms with Crippen molar-refractivity contribution in [1.29, 1.82) is 0 Å². The van der Waals surface area contributed by atoms with Crippen LogP contribution in [0.5, 0.6) is 5.75 Å². The number of para-hydroxylation sites is 1. The van der Waals surface area contributed by atoms with Crippen LogP contribution in [0.15, 0.2) is 59.7 Å². The number of phenolic OH excluding ortho intramolecular Hbond substituents is 1. The lowest BCUT2D eigenvalue weighted by atomic mass is 10.2. The molecule has 0 aliphatic carbocycles. The van der Waals surface area contributed by atoms with Gasteiger partial charge in [0.15, 0.2) is 11.6 Å². The van der Waals surface area contributed by atoms with Crippen molar-refractivity contribution in [1.82, 2.24) is 9.97 Å². The highest BCUT2D eigenvalue weighted by atomic mass is 16.6. The standard InChI is InChI=1S/C18H15N5O3/c1-12-10-17(21-18(20-12)15-4-2-3-5-16(15)24)22-19-11-13-6-8-14(9-7-13)23(25)26/h2-11,24H,1H3,(H,20,21,22)/b19-11-. The van der Waals surface area contributed by atoms with Crippen molar-refractivity contribution in [2.45, 2.75) is 6.92 Å². The van der Waals surface area contributed by atoms with Crippen LogP contribution in [-0.4, -0.2) is 26.2 Å². The minimum atomic E-state index is -0.455. The van der Waals surface area contributed by atoms with Gasteiger partial charge in [0.25, 0.3) is 5.69 Å². The smallest absolute Gasteiger partial charge is 0.269 e. The average Bonchev–Trinajstić information content (AvgIpc) is 2.62. The third-order valence-electron chi connectivity index (χ3n) is 3.50. The second-order valence-corrected chi connectivity index (χ2v) is 5.45. The highest BCUT2D eigenvalue weighted by Crippen LogP contribution is 2.26. The SMILES string of the molecule is Cc1cc(N/N=C\c2ccc([N+](=O)[O-])cc2)nc(-c2ccccc2O)n1. The topological polar surface area (TPSA) is 114 Å². The Morgan fingerprint density at radius 3 is 2.58 bits per heavy atom. The molecule has 0 unspecified atom stereocenters. The lowest BCUT2D eigenvalue weighted by molar-refractivity contribution is -0.384. The van der Waals surface area contributed by atoms with Crippen LogP contribution in [0.3, 0.4) is 0 Å². The van der Waals surface area contributed by atoms with Crippen molar-refractivity contribution in [2.75, 3.05) is 5.43 Å². The van der Waals surface area contributed by atoms with Gasteiger partial charge in [0.2, 0.25) is 0 Å². The quantitative estimate of drug-likeness (QED) is 0.414. The minimum absolute atomic E-state index is 0.0221. The number of phenols is 1. The number of nitro benzene ring substituents is 1. The highest BCUT2D eigenvalue weighted by Gasteiger charge is 2.08. The molecule has 8 nitrogen and oxygen atoms in total. The number of nitro groups is 1. The Hall–Kier alpha value is -3.81. The van der Waals surface area contributed by atoms with Crippen LogP contribution in [0.2, 0.25) is 0 Å². The molecular weight excluding hydrogens is 334 g/mol. The van der Waals surface area contributed by atoms with Gasteiger partial charge < -0.3 is 5.11 Å². The zero-order valence-corrected chi connectivity index (χ0v) is 13.8. The lowest BCUT2D eigenvalue weighted by Crippen LogP contribution is -1.99. The Labute approximate surface area is 149 Å². The van der Waals surface area contributed by atoms with E-state index in [1.165, 1.54) is 18.3 Å². The van der Waals surface area contributed by atoms with Gasteiger partial charge in [0.05, 0.1) is 16.7 Å². The molecule has 26 heavy (non-hydrogen) atoms. The van der Waals surface area contributed by atoms with Crippen molar-refractivity contribution in [3.8, 4) is 17.1 Å². The van der Waals surface area contributed by atoms with Crippen LogP contribution in [0.1, 0.15) is 11.3 Å². The summed E-state index contributed by atoms with van der Waals surface area (Å²) in [6.45, 7) is 1.82. The number of aromatic hydroxyl groups is 1. The van der Waals surface area contributed by atoms with E-state index in [0.717, 1.165) is 0 Å². The summed E-state index contributed by atoms with van der Waals surface area (Å²) in [6.07, 6.45) is 1.53. The van der Waals surface area contributed by atoms with Crippen molar-refractivity contribution in [3.63, 3.8) is 0 Å². The summed E-state index contributed by atoms with van der Waals surface area (Å²) in [5.74, 6) is 0.948. The van der Waals surface area contributed by atoms with E-state index in [4.69, 9.17) is 0 Å². The molecule has 2 N–H and O–H groups in total. The van der Waals surface area contributed by atoms with Crippen molar-refractivity contribution < 1.29 is 10.0 Å². The number of nitrogens with one attached hydrogen (secondary N) is 1. The van der Waals surface area contributed by atoms with Gasteiger partial charge in [-0.1, -0.05) is 12.1 Å². The Morgan fingerprint density at radius 1 is 1.15 bits per heavy atom. The molecule has 3 rings (SSSR count). The van der Waals surface area contributed by atoms with E-state index in [9.17, 15) is 15.2 Å². The van der Waals surface area contributed by atoms with Gasteiger partial charge in [0.1, 0.15) is 5.75 Å². The summed E-state index contributed by atoms with van der Waals surface area (Å²) >= 11 is 0. The minimum Gasteiger partial charge on any atom is -0.507 e. The highest BCUT2D eigenvalue weighted by molar-refractivity contribution is 5.80. The molecule has 3 aromatic rings. The fourth-order valence-corrected chi connectivity index (χ4v) is 2.26. The van der Waals surface area contributed by atoms with Gasteiger partial charge in [-0.05, 0) is 36.8 Å². The number of aromatic nitrogens is 2. The fraction of sp³-hybridized carbons (Fsp3) is 0.0556. The number of anilines is 1. The first-order valence-electron chi connectivity index (χ1n) is 7.70. The third-order valence-corrected chi connectivity index (χ3v) is 3.50. The number of hydrazone groups is 1. The van der Waals surface area contributed by atoms with Crippen molar-refractivity contribution >= 4 is 17.7 Å². The molecule has 0 saturated carbocycles. The van der Waals surface area contributed by atoms with Crippen LogP contribution in [0, 0.1) is 17.0 Å². The number of aryl methyl sites for hydroxylation is 1. The molecule has 1 aromatic heterocycles. The Morgan fingerprint density at radius 2 is 1.88 bits per heavy atom. The average molecular weight is 349 g/mol. The van der Waals surface area contributed by atoms with Gasteiger partial charge in [-0.15, -0.1) is 0 Å². The predicted octanol–water partition coefficient (Wildman–Crippen LogP) is 3.51. The zero-order chi connectivity index (χ0) is 18.5. The second-order valence-electron chi connectivity index (χ2n) is 5.45. The van der Waals surface area contributed by atoms with E-state index in [-0.39, 0.29) is 11.4 Å². The van der Waals surface area contributed by atoms with Gasteiger partial charge in [-0.2, -0.15) is 5.10 Å². The zero-order valence-electron chi connectivity index (χ0n) is 13.8. The van der Waals surface area contributed by atoms with E-state index in [1.807, 2.05) is 6.92 Å². The first-order valence-corrected chi connectivity index (χ1v) is 7.70. The first kappa shape index (κ1) is 17.0. The van der Waals surface area contributed by atoms with Crippen LogP contribution >= 0.6 is 0 Å². The maximum absolute atomic E-state index is 10.6. The van der Waals surface area contributed by atoms with E-state index < -0.39 is 4.92 Å². The van der Waals surface area contributed by atoms with Gasteiger partial charge in [-0.3, -0.25) is 15.5 Å². The molecule has 0 amide bonds. The first-order chi connectivity index (χ1) is 12.5. The molecule has 0 bridgehead atoms. The van der Waals surface area contributed by atoms with Gasteiger partial charge in [-0.25, -0.2) is 9.97 Å². The summed E-state index contributed by atoms with van der Waals surface area (Å²) in [5, 5.41) is 24.7. The predicted molar refractivity (Wildman–Crippen MR) is 98.2 cm³/mol. The number of nitrogens with zero attached hydrogens (tertiary/aromatic N) is 4. The molecule has 0 spiro atoms. The lowest BCUT2D eigenvalue weighted by Gasteiger charge is -2.07. The summed E-state index contributed by atoms with van der Waals surface area (Å²) in [5.41, 5.74) is 4.77. The molecular formula is C18H15N5O3. The second kappa shape index (κ2) is 7.39. The third kappa shape index (κ3) is 3.99. The molecule has 1 heterocycles. The van der Waals surface area contributed by atoms with E-state index in [0.29, 0.717) is 28.5 Å². The Balaban J connectivity index is 1.78. The van der Waals surface area contributed by atoms with Crippen LogP contribution in [-0.2, 0) is 0 Å². The van der Waals surface area contributed by atoms with E-state index in [2.05, 4.69) is 20.5 Å². The van der Waals surface area contributed by atoms with Gasteiger partial charge in [0, 0.05) is 23.9 Å². The number of rotatable bonds is 5. The largest absolute Gasteiger partial charge is 0.507 e. The summed E-state index contributed by atoms with van der Waals surface area (Å²) in [6, 6.07) is 14.6. The maximum atomic E-state index is 10.6. The van der Waals surface area contributed by atoms with Gasteiger partial charge >= 0.3 is 0 Å². The monoisotopic (exact) mass is 349 g/mol.